The van der Waals surface area contributed by atoms with E-state index < -0.39 is 43.2 Å². The van der Waals surface area contributed by atoms with Gasteiger partial charge in [0.25, 0.3) is 0 Å². The lowest BCUT2D eigenvalue weighted by molar-refractivity contribution is -0.117. The summed E-state index contributed by atoms with van der Waals surface area (Å²) in [4.78, 5) is 0. The second kappa shape index (κ2) is 4.52. The van der Waals surface area contributed by atoms with Crippen LogP contribution in [0, 0.1) is 0 Å². The zero-order valence-electron chi connectivity index (χ0n) is 7.82. The Labute approximate surface area is 81.4 Å². The third kappa shape index (κ3) is 2.05. The van der Waals surface area contributed by atoms with E-state index in [4.69, 9.17) is 9.84 Å². The highest BCUT2D eigenvalue weighted by molar-refractivity contribution is 4.91. The summed E-state index contributed by atoms with van der Waals surface area (Å²) in [6.45, 7) is 1.00. The third-order valence-electron chi connectivity index (χ3n) is 2.48. The van der Waals surface area contributed by atoms with Gasteiger partial charge in [0.05, 0.1) is 12.7 Å². The fourth-order valence-electron chi connectivity index (χ4n) is 1.49. The lowest BCUT2D eigenvalue weighted by Gasteiger charge is -2.23. The molecule has 1 aliphatic rings. The van der Waals surface area contributed by atoms with Crippen LogP contribution in [0.1, 0.15) is 6.92 Å². The molecular formula is C8H16O6. The highest BCUT2D eigenvalue weighted by Crippen LogP contribution is 2.20. The predicted octanol–water partition coefficient (Wildman–Crippen LogP) is -2.79. The van der Waals surface area contributed by atoms with Gasteiger partial charge in [-0.2, -0.15) is 0 Å². The quantitative estimate of drug-likeness (QED) is 0.318. The van der Waals surface area contributed by atoms with Gasteiger partial charge in [-0.05, 0) is 6.92 Å². The molecule has 0 aliphatic carbocycles. The maximum Gasteiger partial charge on any atom is 0.111 e. The molecule has 84 valence electrons. The first kappa shape index (κ1) is 11.8. The summed E-state index contributed by atoms with van der Waals surface area (Å²) in [6.07, 6.45) is -7.44. The first-order chi connectivity index (χ1) is 6.49. The van der Waals surface area contributed by atoms with Crippen molar-refractivity contribution in [3.05, 3.63) is 0 Å². The van der Waals surface area contributed by atoms with E-state index in [0.717, 1.165) is 0 Å². The summed E-state index contributed by atoms with van der Waals surface area (Å²) >= 11 is 0. The van der Waals surface area contributed by atoms with Gasteiger partial charge in [-0.1, -0.05) is 0 Å². The fourth-order valence-corrected chi connectivity index (χ4v) is 1.49. The number of aliphatic hydroxyl groups excluding tert-OH is 5. The molecule has 0 aromatic heterocycles. The summed E-state index contributed by atoms with van der Waals surface area (Å²) in [5, 5.41) is 46.4. The lowest BCUT2D eigenvalue weighted by Crippen LogP contribution is -2.47. The molecule has 0 radical (unpaired) electrons. The zero-order valence-corrected chi connectivity index (χ0v) is 7.82. The average molecular weight is 208 g/mol. The van der Waals surface area contributed by atoms with E-state index >= 15 is 0 Å². The van der Waals surface area contributed by atoms with Crippen molar-refractivity contribution in [3.63, 3.8) is 0 Å². The molecule has 1 rings (SSSR count). The molecule has 1 fully saturated rings. The van der Waals surface area contributed by atoms with Gasteiger partial charge in [0.1, 0.15) is 30.5 Å². The van der Waals surface area contributed by atoms with E-state index in [-0.39, 0.29) is 0 Å². The molecule has 6 heteroatoms. The SMILES string of the molecule is C[C@@H]1O[C@H](CO)[C@@H](O)[C@H](O)[C@@H](O)[C@H]1O. The number of hydrogen-bond acceptors (Lipinski definition) is 6. The molecule has 0 aromatic carbocycles. The van der Waals surface area contributed by atoms with Crippen LogP contribution in [0.2, 0.25) is 0 Å². The molecule has 5 N–H and O–H groups in total. The Morgan fingerprint density at radius 3 is 1.93 bits per heavy atom. The third-order valence-corrected chi connectivity index (χ3v) is 2.48. The second-order valence-corrected chi connectivity index (χ2v) is 3.52. The number of aliphatic hydroxyl groups is 5. The van der Waals surface area contributed by atoms with Gasteiger partial charge in [-0.15, -0.1) is 0 Å². The maximum atomic E-state index is 9.42. The van der Waals surface area contributed by atoms with Crippen molar-refractivity contribution in [1.82, 2.24) is 0 Å². The summed E-state index contributed by atoms with van der Waals surface area (Å²) in [6, 6.07) is 0. The largest absolute Gasteiger partial charge is 0.394 e. The standard InChI is InChI=1S/C8H16O6/c1-3-5(10)7(12)8(13)6(11)4(2-9)14-3/h3-13H,2H2,1H3/t3-,4+,5-,6+,7-,8-/m0/s1. The fraction of sp³-hybridized carbons (Fsp3) is 1.00. The van der Waals surface area contributed by atoms with Gasteiger partial charge in [0, 0.05) is 0 Å². The molecule has 0 unspecified atom stereocenters. The average Bonchev–Trinajstić information content (AvgIpc) is 2.25. The van der Waals surface area contributed by atoms with Crippen molar-refractivity contribution in [3.8, 4) is 0 Å². The summed E-state index contributed by atoms with van der Waals surface area (Å²) in [7, 11) is 0. The molecule has 1 heterocycles. The number of ether oxygens (including phenoxy) is 1. The second-order valence-electron chi connectivity index (χ2n) is 3.52. The van der Waals surface area contributed by atoms with Crippen LogP contribution in [0.25, 0.3) is 0 Å². The normalized spacial score (nSPS) is 50.1. The van der Waals surface area contributed by atoms with Gasteiger partial charge >= 0.3 is 0 Å². The molecule has 0 saturated carbocycles. The van der Waals surface area contributed by atoms with E-state index in [1.807, 2.05) is 0 Å². The smallest absolute Gasteiger partial charge is 0.111 e. The molecule has 1 aliphatic heterocycles. The predicted molar refractivity (Wildman–Crippen MR) is 45.4 cm³/mol. The van der Waals surface area contributed by atoms with Crippen molar-refractivity contribution in [2.75, 3.05) is 6.61 Å². The van der Waals surface area contributed by atoms with Crippen LogP contribution in [0.15, 0.2) is 0 Å². The maximum absolute atomic E-state index is 9.42. The van der Waals surface area contributed by atoms with Crippen LogP contribution in [0.3, 0.4) is 0 Å². The van der Waals surface area contributed by atoms with Crippen LogP contribution in [-0.4, -0.2) is 68.8 Å². The minimum Gasteiger partial charge on any atom is -0.394 e. The highest BCUT2D eigenvalue weighted by Gasteiger charge is 2.42. The molecule has 0 spiro atoms. The Bertz CT molecular complexity index is 182. The Morgan fingerprint density at radius 2 is 1.43 bits per heavy atom. The van der Waals surface area contributed by atoms with Crippen molar-refractivity contribution in [2.24, 2.45) is 0 Å². The highest BCUT2D eigenvalue weighted by atomic mass is 16.5. The Balaban J connectivity index is 2.81. The van der Waals surface area contributed by atoms with Gasteiger partial charge in [0.2, 0.25) is 0 Å². The Hall–Kier alpha value is -0.240. The monoisotopic (exact) mass is 208 g/mol. The molecule has 1 saturated heterocycles. The van der Waals surface area contributed by atoms with E-state index in [1.54, 1.807) is 0 Å². The first-order valence-corrected chi connectivity index (χ1v) is 4.47. The molecule has 0 amide bonds. The van der Waals surface area contributed by atoms with E-state index in [1.165, 1.54) is 6.92 Å². The lowest BCUT2D eigenvalue weighted by atomic mass is 10.00. The summed E-state index contributed by atoms with van der Waals surface area (Å²) in [5.74, 6) is 0. The molecule has 0 aromatic rings. The summed E-state index contributed by atoms with van der Waals surface area (Å²) in [5.41, 5.74) is 0. The van der Waals surface area contributed by atoms with Crippen LogP contribution in [0.5, 0.6) is 0 Å². The van der Waals surface area contributed by atoms with E-state index in [9.17, 15) is 20.4 Å². The number of hydrogen-bond donors (Lipinski definition) is 5. The molecule has 14 heavy (non-hydrogen) atoms. The minimum absolute atomic E-state index is 0.484. The van der Waals surface area contributed by atoms with Crippen molar-refractivity contribution >= 4 is 0 Å². The van der Waals surface area contributed by atoms with Gasteiger partial charge < -0.3 is 30.3 Å². The first-order valence-electron chi connectivity index (χ1n) is 4.47. The molecule has 0 bridgehead atoms. The molecule has 6 nitrogen and oxygen atoms in total. The van der Waals surface area contributed by atoms with Crippen molar-refractivity contribution in [1.29, 1.82) is 0 Å². The van der Waals surface area contributed by atoms with Gasteiger partial charge in [-0.25, -0.2) is 0 Å². The summed E-state index contributed by atoms with van der Waals surface area (Å²) < 4.78 is 5.06. The van der Waals surface area contributed by atoms with Crippen molar-refractivity contribution in [2.45, 2.75) is 43.5 Å². The Kier molecular flexibility index (Phi) is 3.82. The van der Waals surface area contributed by atoms with Gasteiger partial charge in [-0.3, -0.25) is 0 Å². The van der Waals surface area contributed by atoms with Gasteiger partial charge in [0.15, 0.2) is 0 Å². The molecular weight excluding hydrogens is 192 g/mol. The van der Waals surface area contributed by atoms with E-state index in [2.05, 4.69) is 0 Å². The van der Waals surface area contributed by atoms with Crippen LogP contribution >= 0.6 is 0 Å². The van der Waals surface area contributed by atoms with Crippen molar-refractivity contribution < 1.29 is 30.3 Å². The van der Waals surface area contributed by atoms with Crippen LogP contribution in [0.4, 0.5) is 0 Å². The topological polar surface area (TPSA) is 110 Å². The van der Waals surface area contributed by atoms with Crippen LogP contribution < -0.4 is 0 Å². The minimum atomic E-state index is -1.52. The zero-order chi connectivity index (χ0) is 10.9. The van der Waals surface area contributed by atoms with E-state index in [0.29, 0.717) is 0 Å². The number of rotatable bonds is 1. The van der Waals surface area contributed by atoms with Crippen LogP contribution in [-0.2, 0) is 4.74 Å². The molecule has 6 atom stereocenters. The Morgan fingerprint density at radius 1 is 0.929 bits per heavy atom.